The maximum absolute atomic E-state index is 14.5. The van der Waals surface area contributed by atoms with Crippen molar-refractivity contribution in [1.82, 2.24) is 15.5 Å². The molecule has 2 amide bonds. The Morgan fingerprint density at radius 1 is 1.43 bits per heavy atom. The topological polar surface area (TPSA) is 56.7 Å². The SMILES string of the molecule is CCC1=C(Cl)NC(=NC2CC(C)CC(NC(=O)N3CCC(F)C3)C2)C(F)=CC1. The summed E-state index contributed by atoms with van der Waals surface area (Å²) in [5.41, 5.74) is 0.945. The summed E-state index contributed by atoms with van der Waals surface area (Å²) in [6.07, 6.45) is 4.48. The van der Waals surface area contributed by atoms with Crippen LogP contribution in [0.15, 0.2) is 27.6 Å². The Morgan fingerprint density at radius 3 is 2.89 bits per heavy atom. The second-order valence-electron chi connectivity index (χ2n) is 8.07. The third kappa shape index (κ3) is 5.25. The molecule has 1 aliphatic carbocycles. The van der Waals surface area contributed by atoms with E-state index >= 15 is 0 Å². The molecule has 0 aromatic carbocycles. The zero-order valence-electron chi connectivity index (χ0n) is 16.5. The summed E-state index contributed by atoms with van der Waals surface area (Å²) in [4.78, 5) is 18.5. The molecule has 2 aliphatic heterocycles. The van der Waals surface area contributed by atoms with E-state index in [0.717, 1.165) is 24.8 Å². The maximum Gasteiger partial charge on any atom is 0.317 e. The first-order valence-electron chi connectivity index (χ1n) is 10.1. The summed E-state index contributed by atoms with van der Waals surface area (Å²) in [6, 6.07) is -0.391. The minimum atomic E-state index is -0.933. The highest BCUT2D eigenvalue weighted by Crippen LogP contribution is 2.28. The fourth-order valence-corrected chi connectivity index (χ4v) is 4.49. The van der Waals surface area contributed by atoms with Crippen LogP contribution in [-0.4, -0.2) is 48.1 Å². The van der Waals surface area contributed by atoms with Gasteiger partial charge in [0.05, 0.1) is 12.6 Å². The van der Waals surface area contributed by atoms with Crippen LogP contribution in [0.5, 0.6) is 0 Å². The number of rotatable bonds is 3. The minimum Gasteiger partial charge on any atom is -0.335 e. The first kappa shape index (κ1) is 21.1. The number of amides is 2. The van der Waals surface area contributed by atoms with E-state index in [0.29, 0.717) is 36.9 Å². The standard InChI is InChI=1S/C20H29ClF2N4O/c1-3-13-4-5-17(23)19(26-18(13)21)24-15-8-12(2)9-16(10-15)25-20(28)27-7-6-14(22)11-27/h5,12,14-16H,3-4,6-11H2,1-2H3,(H,24,26)(H,25,28). The van der Waals surface area contributed by atoms with Gasteiger partial charge in [-0.05, 0) is 56.1 Å². The van der Waals surface area contributed by atoms with Crippen molar-refractivity contribution in [2.75, 3.05) is 13.1 Å². The molecule has 2 fully saturated rings. The van der Waals surface area contributed by atoms with E-state index in [1.807, 2.05) is 6.92 Å². The smallest absolute Gasteiger partial charge is 0.317 e. The van der Waals surface area contributed by atoms with Crippen LogP contribution in [0.1, 0.15) is 52.4 Å². The van der Waals surface area contributed by atoms with Crippen molar-refractivity contribution in [1.29, 1.82) is 0 Å². The predicted molar refractivity (Wildman–Crippen MR) is 108 cm³/mol. The molecule has 0 aromatic heterocycles. The van der Waals surface area contributed by atoms with E-state index in [1.54, 1.807) is 0 Å². The Morgan fingerprint density at radius 2 is 2.21 bits per heavy atom. The largest absolute Gasteiger partial charge is 0.335 e. The number of nitrogens with one attached hydrogen (secondary N) is 2. The zero-order chi connectivity index (χ0) is 20.3. The molecule has 8 heteroatoms. The average Bonchev–Trinajstić information content (AvgIpc) is 3.02. The first-order valence-corrected chi connectivity index (χ1v) is 10.5. The molecule has 0 radical (unpaired) electrons. The third-order valence-electron chi connectivity index (χ3n) is 5.69. The molecule has 28 heavy (non-hydrogen) atoms. The Bertz CT molecular complexity index is 694. The number of allylic oxidation sites excluding steroid dienone is 2. The molecule has 0 aromatic rings. The average molecular weight is 415 g/mol. The maximum atomic E-state index is 14.5. The Hall–Kier alpha value is -1.63. The van der Waals surface area contributed by atoms with Gasteiger partial charge in [-0.2, -0.15) is 0 Å². The molecular weight excluding hydrogens is 386 g/mol. The lowest BCUT2D eigenvalue weighted by Crippen LogP contribution is -2.47. The van der Waals surface area contributed by atoms with Gasteiger partial charge in [-0.1, -0.05) is 25.4 Å². The molecule has 3 aliphatic rings. The number of nitrogens with zero attached hydrogens (tertiary/aromatic N) is 2. The Kier molecular flexibility index (Phi) is 6.96. The summed E-state index contributed by atoms with van der Waals surface area (Å²) in [5, 5.41) is 6.36. The van der Waals surface area contributed by atoms with Crippen LogP contribution < -0.4 is 10.6 Å². The monoisotopic (exact) mass is 414 g/mol. The Balaban J connectivity index is 1.66. The number of halogens is 3. The molecule has 5 nitrogen and oxygen atoms in total. The minimum absolute atomic E-state index is 0.0562. The van der Waals surface area contributed by atoms with Crippen LogP contribution in [0, 0.1) is 5.92 Å². The molecule has 1 saturated heterocycles. The number of carbonyl (C=O) groups excluding carboxylic acids is 1. The van der Waals surface area contributed by atoms with Crippen molar-refractivity contribution >= 4 is 23.5 Å². The van der Waals surface area contributed by atoms with Crippen molar-refractivity contribution in [3.8, 4) is 0 Å². The van der Waals surface area contributed by atoms with Gasteiger partial charge in [0.2, 0.25) is 0 Å². The summed E-state index contributed by atoms with van der Waals surface area (Å²) in [7, 11) is 0. The van der Waals surface area contributed by atoms with Crippen molar-refractivity contribution in [2.24, 2.45) is 10.9 Å². The van der Waals surface area contributed by atoms with Crippen LogP contribution in [-0.2, 0) is 0 Å². The number of hydrogen-bond donors (Lipinski definition) is 2. The van der Waals surface area contributed by atoms with Gasteiger partial charge in [0.15, 0.2) is 11.7 Å². The van der Waals surface area contributed by atoms with Crippen LogP contribution in [0.25, 0.3) is 0 Å². The fraction of sp³-hybridized carbons (Fsp3) is 0.700. The van der Waals surface area contributed by atoms with Crippen LogP contribution in [0.3, 0.4) is 0 Å². The van der Waals surface area contributed by atoms with Crippen LogP contribution in [0.4, 0.5) is 13.6 Å². The van der Waals surface area contributed by atoms with E-state index in [9.17, 15) is 13.6 Å². The lowest BCUT2D eigenvalue weighted by molar-refractivity contribution is 0.190. The molecule has 1 saturated carbocycles. The third-order valence-corrected chi connectivity index (χ3v) is 6.06. The van der Waals surface area contributed by atoms with Gasteiger partial charge >= 0.3 is 6.03 Å². The van der Waals surface area contributed by atoms with Gasteiger partial charge in [-0.25, -0.2) is 13.6 Å². The van der Waals surface area contributed by atoms with E-state index < -0.39 is 12.0 Å². The summed E-state index contributed by atoms with van der Waals surface area (Å²) in [5.74, 6) is 0.111. The highest BCUT2D eigenvalue weighted by molar-refractivity contribution is 6.31. The molecule has 0 bridgehead atoms. The van der Waals surface area contributed by atoms with Gasteiger partial charge in [-0.15, -0.1) is 0 Å². The molecule has 3 rings (SSSR count). The second kappa shape index (κ2) is 9.25. The van der Waals surface area contributed by atoms with Crippen LogP contribution >= 0.6 is 11.6 Å². The first-order chi connectivity index (χ1) is 13.4. The lowest BCUT2D eigenvalue weighted by atomic mass is 9.84. The number of hydrogen-bond acceptors (Lipinski definition) is 2. The summed E-state index contributed by atoms with van der Waals surface area (Å²) in [6.45, 7) is 4.69. The predicted octanol–water partition coefficient (Wildman–Crippen LogP) is 4.40. The number of likely N-dealkylation sites (tertiary alicyclic amines) is 1. The van der Waals surface area contributed by atoms with Crippen LogP contribution in [0.2, 0.25) is 0 Å². The van der Waals surface area contributed by atoms with E-state index in [2.05, 4.69) is 22.5 Å². The number of alkyl halides is 1. The highest BCUT2D eigenvalue weighted by Gasteiger charge is 2.31. The molecule has 2 heterocycles. The van der Waals surface area contributed by atoms with E-state index in [1.165, 1.54) is 11.0 Å². The van der Waals surface area contributed by atoms with E-state index in [4.69, 9.17) is 11.6 Å². The molecule has 4 atom stereocenters. The molecule has 4 unspecified atom stereocenters. The molecule has 0 spiro atoms. The highest BCUT2D eigenvalue weighted by atomic mass is 35.5. The molecular formula is C20H29ClF2N4O. The van der Waals surface area contributed by atoms with Gasteiger partial charge < -0.3 is 15.5 Å². The summed E-state index contributed by atoms with van der Waals surface area (Å²) >= 11 is 6.27. The van der Waals surface area contributed by atoms with Crippen molar-refractivity contribution in [2.45, 2.75) is 70.6 Å². The number of carbonyl (C=O) groups is 1. The number of amidine groups is 1. The zero-order valence-corrected chi connectivity index (χ0v) is 17.2. The normalized spacial score (nSPS) is 32.8. The second-order valence-corrected chi connectivity index (χ2v) is 8.45. The Labute approximate surface area is 170 Å². The van der Waals surface area contributed by atoms with E-state index in [-0.39, 0.29) is 30.5 Å². The van der Waals surface area contributed by atoms with Gasteiger partial charge in [0.1, 0.15) is 11.3 Å². The lowest BCUT2D eigenvalue weighted by Gasteiger charge is -2.33. The number of urea groups is 1. The summed E-state index contributed by atoms with van der Waals surface area (Å²) < 4.78 is 27.8. The molecule has 156 valence electrons. The van der Waals surface area contributed by atoms with Crippen molar-refractivity contribution in [3.63, 3.8) is 0 Å². The fourth-order valence-electron chi connectivity index (χ4n) is 4.19. The quantitative estimate of drug-likeness (QED) is 0.672. The molecule has 2 N–H and O–H groups in total. The van der Waals surface area contributed by atoms with Crippen molar-refractivity contribution in [3.05, 3.63) is 22.6 Å². The van der Waals surface area contributed by atoms with Gasteiger partial charge in [0, 0.05) is 12.6 Å². The number of aliphatic imine (C=N–C) groups is 1. The van der Waals surface area contributed by atoms with Crippen molar-refractivity contribution < 1.29 is 13.6 Å². The van der Waals surface area contributed by atoms with Gasteiger partial charge in [0.25, 0.3) is 0 Å². The van der Waals surface area contributed by atoms with Gasteiger partial charge in [-0.3, -0.25) is 4.99 Å².